The van der Waals surface area contributed by atoms with Crippen LogP contribution in [0.25, 0.3) is 0 Å². The molecule has 146 valence electrons. The number of para-hydroxylation sites is 1. The molecule has 0 aliphatic carbocycles. The van der Waals surface area contributed by atoms with E-state index in [0.717, 1.165) is 16.3 Å². The fourth-order valence-electron chi connectivity index (χ4n) is 3.99. The van der Waals surface area contributed by atoms with E-state index in [-0.39, 0.29) is 0 Å². The van der Waals surface area contributed by atoms with Gasteiger partial charge < -0.3 is 0 Å². The van der Waals surface area contributed by atoms with E-state index in [9.17, 15) is 0 Å². The Kier molecular flexibility index (Phi) is 4.89. The largest absolute Gasteiger partial charge is 0.239 e. The second-order valence-corrected chi connectivity index (χ2v) is 8.53. The normalized spacial score (nSPS) is 18.3. The van der Waals surface area contributed by atoms with Gasteiger partial charge in [-0.15, -0.1) is 0 Å². The highest BCUT2D eigenvalue weighted by Gasteiger charge is 2.48. The number of hydrazone groups is 1. The summed E-state index contributed by atoms with van der Waals surface area (Å²) in [6.07, 6.45) is 0. The van der Waals surface area contributed by atoms with E-state index in [1.54, 1.807) is 0 Å². The van der Waals surface area contributed by atoms with Gasteiger partial charge in [0.15, 0.2) is 4.87 Å². The third-order valence-electron chi connectivity index (χ3n) is 5.43. The lowest BCUT2D eigenvalue weighted by Crippen LogP contribution is -2.39. The van der Waals surface area contributed by atoms with Crippen molar-refractivity contribution in [1.29, 1.82) is 0 Å². The number of thioether (sulfide) groups is 1. The minimum absolute atomic E-state index is 0.487. The standard InChI is InChI=1S/C27H22N2S/c1-21-13-11-12-20-25(21)27(23-16-7-3-8-17-23)29(24-18-9-4-10-19-24)28-26(30-27)22-14-5-2-6-15-22/h2-20H,1H3/t27-/m0/s1. The number of benzene rings is 4. The van der Waals surface area contributed by atoms with Crippen LogP contribution in [0.5, 0.6) is 0 Å². The Morgan fingerprint density at radius 3 is 1.90 bits per heavy atom. The lowest BCUT2D eigenvalue weighted by molar-refractivity contribution is 0.689. The lowest BCUT2D eigenvalue weighted by Gasteiger charge is -2.38. The Morgan fingerprint density at radius 2 is 1.23 bits per heavy atom. The number of hydrogen-bond acceptors (Lipinski definition) is 3. The van der Waals surface area contributed by atoms with E-state index in [1.165, 1.54) is 16.7 Å². The van der Waals surface area contributed by atoms with Crippen molar-refractivity contribution >= 4 is 22.5 Å². The molecular formula is C27H22N2S. The van der Waals surface area contributed by atoms with Crippen LogP contribution in [0.1, 0.15) is 22.3 Å². The summed E-state index contributed by atoms with van der Waals surface area (Å²) in [5.74, 6) is 0. The molecule has 2 nitrogen and oxygen atoms in total. The summed E-state index contributed by atoms with van der Waals surface area (Å²) in [6, 6.07) is 40.3. The SMILES string of the molecule is Cc1ccccc1[C@]1(c2ccccc2)SC(c2ccccc2)=NN1c1ccccc1. The maximum Gasteiger partial charge on any atom is 0.165 e. The quantitative estimate of drug-likeness (QED) is 0.370. The maximum atomic E-state index is 5.19. The molecule has 3 heteroatoms. The van der Waals surface area contributed by atoms with Crippen LogP contribution in [0.15, 0.2) is 120 Å². The summed E-state index contributed by atoms with van der Waals surface area (Å²) in [5.41, 5.74) is 5.92. The Bertz CT molecular complexity index is 1170. The van der Waals surface area contributed by atoms with Gasteiger partial charge in [0.2, 0.25) is 0 Å². The van der Waals surface area contributed by atoms with E-state index in [1.807, 2.05) is 23.9 Å². The molecule has 0 amide bonds. The fraction of sp³-hybridized carbons (Fsp3) is 0.0741. The van der Waals surface area contributed by atoms with Gasteiger partial charge in [0, 0.05) is 5.56 Å². The van der Waals surface area contributed by atoms with Gasteiger partial charge in [-0.25, -0.2) is 5.01 Å². The van der Waals surface area contributed by atoms with Crippen LogP contribution < -0.4 is 5.01 Å². The number of hydrogen-bond donors (Lipinski definition) is 0. The minimum atomic E-state index is -0.487. The molecule has 0 bridgehead atoms. The molecule has 0 saturated heterocycles. The van der Waals surface area contributed by atoms with Crippen molar-refractivity contribution in [3.8, 4) is 0 Å². The van der Waals surface area contributed by atoms with Crippen molar-refractivity contribution in [1.82, 2.24) is 0 Å². The third kappa shape index (κ3) is 3.12. The van der Waals surface area contributed by atoms with Gasteiger partial charge in [0.25, 0.3) is 0 Å². The van der Waals surface area contributed by atoms with Gasteiger partial charge in [0.05, 0.1) is 5.69 Å². The van der Waals surface area contributed by atoms with Gasteiger partial charge in [-0.2, -0.15) is 5.10 Å². The van der Waals surface area contributed by atoms with Crippen molar-refractivity contribution in [3.05, 3.63) is 138 Å². The number of nitrogens with zero attached hydrogens (tertiary/aromatic N) is 2. The second kappa shape index (κ2) is 7.85. The van der Waals surface area contributed by atoms with Crippen molar-refractivity contribution in [2.45, 2.75) is 11.8 Å². The Balaban J connectivity index is 1.79. The van der Waals surface area contributed by atoms with Crippen LogP contribution in [0.2, 0.25) is 0 Å². The summed E-state index contributed by atoms with van der Waals surface area (Å²) in [5, 5.41) is 8.40. The molecule has 0 N–H and O–H groups in total. The lowest BCUT2D eigenvalue weighted by atomic mass is 9.93. The van der Waals surface area contributed by atoms with Crippen LogP contribution >= 0.6 is 11.8 Å². The molecule has 4 aromatic rings. The number of rotatable bonds is 4. The molecule has 0 radical (unpaired) electrons. The molecule has 0 fully saturated rings. The monoisotopic (exact) mass is 406 g/mol. The predicted octanol–water partition coefficient (Wildman–Crippen LogP) is 6.81. The second-order valence-electron chi connectivity index (χ2n) is 7.35. The average Bonchev–Trinajstić information content (AvgIpc) is 3.23. The van der Waals surface area contributed by atoms with Gasteiger partial charge in [0.1, 0.15) is 5.04 Å². The molecule has 0 saturated carbocycles. The zero-order valence-corrected chi connectivity index (χ0v) is 17.6. The minimum Gasteiger partial charge on any atom is -0.239 e. The van der Waals surface area contributed by atoms with Gasteiger partial charge in [-0.1, -0.05) is 115 Å². The highest BCUT2D eigenvalue weighted by Crippen LogP contribution is 2.54. The van der Waals surface area contributed by atoms with Crippen LogP contribution in [-0.2, 0) is 4.87 Å². The van der Waals surface area contributed by atoms with Gasteiger partial charge in [-0.3, -0.25) is 0 Å². The zero-order valence-electron chi connectivity index (χ0n) is 16.8. The van der Waals surface area contributed by atoms with Crippen molar-refractivity contribution in [2.24, 2.45) is 5.10 Å². The zero-order chi connectivity index (χ0) is 20.4. The third-order valence-corrected chi connectivity index (χ3v) is 6.86. The first kappa shape index (κ1) is 18.7. The first-order chi connectivity index (χ1) is 14.8. The molecule has 0 spiro atoms. The van der Waals surface area contributed by atoms with Crippen LogP contribution in [0, 0.1) is 6.92 Å². The van der Waals surface area contributed by atoms with Crippen LogP contribution in [-0.4, -0.2) is 5.04 Å². The van der Waals surface area contributed by atoms with Crippen molar-refractivity contribution in [3.63, 3.8) is 0 Å². The average molecular weight is 407 g/mol. The number of aryl methyl sites for hydroxylation is 1. The first-order valence-electron chi connectivity index (χ1n) is 10.1. The van der Waals surface area contributed by atoms with E-state index < -0.39 is 4.87 Å². The Morgan fingerprint density at radius 1 is 0.667 bits per heavy atom. The fourth-order valence-corrected chi connectivity index (χ4v) is 5.48. The molecular weight excluding hydrogens is 384 g/mol. The highest BCUT2D eigenvalue weighted by atomic mass is 32.2. The Hall–Kier alpha value is -3.30. The molecule has 1 atom stereocenters. The summed E-state index contributed by atoms with van der Waals surface area (Å²) < 4.78 is 0. The maximum absolute atomic E-state index is 5.19. The summed E-state index contributed by atoms with van der Waals surface area (Å²) in [7, 11) is 0. The Labute approximate surface area is 181 Å². The molecule has 5 rings (SSSR count). The van der Waals surface area contributed by atoms with E-state index in [4.69, 9.17) is 5.10 Å². The van der Waals surface area contributed by atoms with E-state index in [2.05, 4.69) is 115 Å². The molecule has 0 unspecified atom stereocenters. The molecule has 4 aromatic carbocycles. The van der Waals surface area contributed by atoms with Crippen molar-refractivity contribution in [2.75, 3.05) is 5.01 Å². The van der Waals surface area contributed by atoms with Gasteiger partial charge >= 0.3 is 0 Å². The summed E-state index contributed by atoms with van der Waals surface area (Å²) >= 11 is 1.81. The van der Waals surface area contributed by atoms with E-state index in [0.29, 0.717) is 0 Å². The first-order valence-corrected chi connectivity index (χ1v) is 10.9. The molecule has 30 heavy (non-hydrogen) atoms. The predicted molar refractivity (Wildman–Crippen MR) is 128 cm³/mol. The summed E-state index contributed by atoms with van der Waals surface area (Å²) in [6.45, 7) is 2.18. The molecule has 0 aromatic heterocycles. The van der Waals surface area contributed by atoms with Crippen LogP contribution in [0.3, 0.4) is 0 Å². The van der Waals surface area contributed by atoms with Crippen LogP contribution in [0.4, 0.5) is 5.69 Å². The van der Waals surface area contributed by atoms with Gasteiger partial charge in [-0.05, 0) is 35.7 Å². The molecule has 1 aliphatic rings. The smallest absolute Gasteiger partial charge is 0.165 e. The highest BCUT2D eigenvalue weighted by molar-refractivity contribution is 8.15. The number of anilines is 1. The van der Waals surface area contributed by atoms with Crippen molar-refractivity contribution < 1.29 is 0 Å². The molecule has 1 aliphatic heterocycles. The van der Waals surface area contributed by atoms with E-state index >= 15 is 0 Å². The summed E-state index contributed by atoms with van der Waals surface area (Å²) in [4.78, 5) is -0.487. The topological polar surface area (TPSA) is 15.6 Å². The molecule has 1 heterocycles.